The van der Waals surface area contributed by atoms with Crippen molar-refractivity contribution in [3.05, 3.63) is 46.8 Å². The molecule has 2 aromatic rings. The van der Waals surface area contributed by atoms with E-state index in [9.17, 15) is 26.3 Å². The van der Waals surface area contributed by atoms with E-state index in [1.807, 2.05) is 0 Å². The van der Waals surface area contributed by atoms with Gasteiger partial charge in [-0.05, 0) is 44.2 Å². The molecule has 0 atom stereocenters. The monoisotopic (exact) mass is 400 g/mol. The quantitative estimate of drug-likeness (QED) is 0.648. The van der Waals surface area contributed by atoms with Crippen molar-refractivity contribution in [1.82, 2.24) is 15.0 Å². The largest absolute Gasteiger partial charge is 0.435 e. The van der Waals surface area contributed by atoms with E-state index in [0.717, 1.165) is 25.1 Å². The summed E-state index contributed by atoms with van der Waals surface area (Å²) in [6, 6.07) is 1.97. The van der Waals surface area contributed by atoms with Gasteiger partial charge in [-0.15, -0.1) is 0 Å². The van der Waals surface area contributed by atoms with Crippen LogP contribution in [0.1, 0.15) is 60.1 Å². The predicted octanol–water partition coefficient (Wildman–Crippen LogP) is 5.24. The van der Waals surface area contributed by atoms with Crippen LogP contribution in [0.3, 0.4) is 0 Å². The Morgan fingerprint density at radius 2 is 1.64 bits per heavy atom. The first-order chi connectivity index (χ1) is 13.1. The third kappa shape index (κ3) is 3.72. The molecule has 1 aliphatic carbocycles. The van der Waals surface area contributed by atoms with Gasteiger partial charge in [-0.2, -0.15) is 26.3 Å². The van der Waals surface area contributed by atoms with E-state index in [4.69, 9.17) is 0 Å². The van der Waals surface area contributed by atoms with Gasteiger partial charge in [-0.1, -0.05) is 0 Å². The first kappa shape index (κ1) is 18.8. The number of rotatable bonds is 2. The molecule has 0 amide bonds. The van der Waals surface area contributed by atoms with Gasteiger partial charge in [-0.25, -0.2) is 15.0 Å². The van der Waals surface area contributed by atoms with Crippen LogP contribution >= 0.6 is 0 Å². The van der Waals surface area contributed by atoms with E-state index < -0.39 is 23.7 Å². The normalized spacial score (nSPS) is 17.7. The van der Waals surface area contributed by atoms with Crippen molar-refractivity contribution in [3.63, 3.8) is 0 Å². The van der Waals surface area contributed by atoms with Crippen LogP contribution in [-0.2, 0) is 18.8 Å². The summed E-state index contributed by atoms with van der Waals surface area (Å²) in [6.07, 6.45) is -5.70. The first-order valence-electron chi connectivity index (χ1n) is 8.72. The van der Waals surface area contributed by atoms with Crippen LogP contribution in [0.4, 0.5) is 32.0 Å². The molecule has 10 heteroatoms. The van der Waals surface area contributed by atoms with E-state index in [1.165, 1.54) is 6.07 Å². The van der Waals surface area contributed by atoms with E-state index in [1.54, 1.807) is 0 Å². The van der Waals surface area contributed by atoms with E-state index in [0.29, 0.717) is 19.3 Å². The molecule has 0 N–H and O–H groups in total. The summed E-state index contributed by atoms with van der Waals surface area (Å²) < 4.78 is 78.8. The Balaban J connectivity index is 1.79. The zero-order valence-electron chi connectivity index (χ0n) is 14.4. The maximum atomic E-state index is 13.6. The van der Waals surface area contributed by atoms with Gasteiger partial charge < -0.3 is 0 Å². The lowest BCUT2D eigenvalue weighted by Gasteiger charge is -2.13. The molecule has 4 nitrogen and oxygen atoms in total. The summed E-state index contributed by atoms with van der Waals surface area (Å²) in [4.78, 5) is 15.5. The van der Waals surface area contributed by atoms with Gasteiger partial charge in [0.1, 0.15) is 17.2 Å². The molecule has 0 radical (unpaired) electrons. The first-order valence-corrected chi connectivity index (χ1v) is 8.72. The molecule has 148 valence electrons. The van der Waals surface area contributed by atoms with Gasteiger partial charge in [-0.3, -0.25) is 4.98 Å². The molecule has 0 spiro atoms. The molecule has 0 saturated heterocycles. The number of halogens is 6. The summed E-state index contributed by atoms with van der Waals surface area (Å²) in [6.45, 7) is 0. The number of hydrogen-bond acceptors (Lipinski definition) is 4. The Labute approximate surface area is 155 Å². The molecule has 0 unspecified atom stereocenters. The van der Waals surface area contributed by atoms with Crippen LogP contribution in [0.2, 0.25) is 0 Å². The number of aliphatic imine (C=N–C) groups is 1. The highest BCUT2D eigenvalue weighted by Crippen LogP contribution is 2.43. The van der Waals surface area contributed by atoms with Gasteiger partial charge in [0.05, 0.1) is 5.69 Å². The highest BCUT2D eigenvalue weighted by atomic mass is 19.4. The highest BCUT2D eigenvalue weighted by molar-refractivity contribution is 6.02. The lowest BCUT2D eigenvalue weighted by Crippen LogP contribution is -2.13. The summed E-state index contributed by atoms with van der Waals surface area (Å²) in [7, 11) is 0. The fraction of sp³-hybridized carbons (Fsp3) is 0.444. The number of hydrogen-bond donors (Lipinski definition) is 0. The van der Waals surface area contributed by atoms with Crippen molar-refractivity contribution in [3.8, 4) is 0 Å². The summed E-state index contributed by atoms with van der Waals surface area (Å²) >= 11 is 0. The lowest BCUT2D eigenvalue weighted by atomic mass is 10.1. The average molecular weight is 400 g/mol. The minimum absolute atomic E-state index is 0.0442. The zero-order chi connectivity index (χ0) is 20.1. The van der Waals surface area contributed by atoms with Crippen LogP contribution in [0, 0.1) is 0 Å². The number of alkyl halides is 6. The maximum Gasteiger partial charge on any atom is 0.435 e. The average Bonchev–Trinajstić information content (AvgIpc) is 3.45. The van der Waals surface area contributed by atoms with Gasteiger partial charge >= 0.3 is 12.4 Å². The Morgan fingerprint density at radius 3 is 2.21 bits per heavy atom. The van der Waals surface area contributed by atoms with Gasteiger partial charge in [0.25, 0.3) is 0 Å². The number of aryl methyl sites for hydroxylation is 1. The fourth-order valence-corrected chi connectivity index (χ4v) is 3.09. The Bertz CT molecular complexity index is 927. The number of fused-ring (bicyclic) bond motifs is 1. The number of pyridine rings is 1. The molecule has 3 heterocycles. The number of aromatic nitrogens is 3. The lowest BCUT2D eigenvalue weighted by molar-refractivity contribution is -0.141. The molecule has 1 aliphatic heterocycles. The smallest absolute Gasteiger partial charge is 0.251 e. The molecule has 1 fully saturated rings. The Morgan fingerprint density at radius 1 is 0.893 bits per heavy atom. The maximum absolute atomic E-state index is 13.6. The third-order valence-electron chi connectivity index (χ3n) is 4.65. The van der Waals surface area contributed by atoms with E-state index >= 15 is 0 Å². The molecule has 2 aromatic heterocycles. The SMILES string of the molecule is FC(F)(F)c1ccc(C2=Nc3c(nc(C4CC4)nc3C(F)(F)F)CCC2)cn1. The predicted molar refractivity (Wildman–Crippen MR) is 87.4 cm³/mol. The molecule has 2 aliphatic rings. The van der Waals surface area contributed by atoms with Crippen LogP contribution < -0.4 is 0 Å². The van der Waals surface area contributed by atoms with E-state index in [-0.39, 0.29) is 34.4 Å². The second kappa shape index (κ2) is 6.52. The minimum Gasteiger partial charge on any atom is -0.251 e. The molecule has 4 rings (SSSR count). The van der Waals surface area contributed by atoms with Gasteiger partial charge in [0.15, 0.2) is 5.69 Å². The van der Waals surface area contributed by atoms with Crippen LogP contribution in [0.5, 0.6) is 0 Å². The zero-order valence-corrected chi connectivity index (χ0v) is 14.4. The van der Waals surface area contributed by atoms with E-state index in [2.05, 4.69) is 19.9 Å². The fourth-order valence-electron chi connectivity index (χ4n) is 3.09. The van der Waals surface area contributed by atoms with Crippen molar-refractivity contribution >= 4 is 11.4 Å². The van der Waals surface area contributed by atoms with Gasteiger partial charge in [0.2, 0.25) is 0 Å². The standard InChI is InChI=1S/C18H14F6N4/c19-17(20,21)13-7-6-10(8-25-13)11-2-1-3-12-14(26-11)15(18(22,23)24)28-16(27-12)9-4-5-9/h6-9H,1-5H2. The van der Waals surface area contributed by atoms with Crippen LogP contribution in [0.15, 0.2) is 23.3 Å². The van der Waals surface area contributed by atoms with Crippen molar-refractivity contribution in [2.45, 2.75) is 50.4 Å². The summed E-state index contributed by atoms with van der Waals surface area (Å²) in [5.74, 6) is 0.151. The third-order valence-corrected chi connectivity index (χ3v) is 4.65. The molecule has 28 heavy (non-hydrogen) atoms. The van der Waals surface area contributed by atoms with Crippen molar-refractivity contribution in [2.24, 2.45) is 4.99 Å². The Kier molecular flexibility index (Phi) is 4.39. The summed E-state index contributed by atoms with van der Waals surface area (Å²) in [5.41, 5.74) is -1.77. The number of nitrogens with zero attached hydrogens (tertiary/aromatic N) is 4. The minimum atomic E-state index is -4.70. The molecular weight excluding hydrogens is 386 g/mol. The van der Waals surface area contributed by atoms with Gasteiger partial charge in [0, 0.05) is 23.4 Å². The van der Waals surface area contributed by atoms with Crippen molar-refractivity contribution < 1.29 is 26.3 Å². The molecule has 1 saturated carbocycles. The molecule has 0 aromatic carbocycles. The summed E-state index contributed by atoms with van der Waals surface area (Å²) in [5, 5.41) is 0. The second-order valence-electron chi connectivity index (χ2n) is 6.84. The van der Waals surface area contributed by atoms with Crippen LogP contribution in [0.25, 0.3) is 0 Å². The second-order valence-corrected chi connectivity index (χ2v) is 6.84. The molecular formula is C18H14F6N4. The van der Waals surface area contributed by atoms with Crippen molar-refractivity contribution in [1.29, 1.82) is 0 Å². The Hall–Kier alpha value is -2.52. The topological polar surface area (TPSA) is 51.0 Å². The van der Waals surface area contributed by atoms with Crippen molar-refractivity contribution in [2.75, 3.05) is 0 Å². The molecule has 0 bridgehead atoms. The highest BCUT2D eigenvalue weighted by Gasteiger charge is 2.40. The van der Waals surface area contributed by atoms with Crippen LogP contribution in [-0.4, -0.2) is 20.7 Å².